The number of rotatable bonds is 7. The molecule has 0 aliphatic carbocycles. The molecule has 0 aromatic carbocycles. The maximum atomic E-state index is 11.5. The van der Waals surface area contributed by atoms with Crippen LogP contribution in [0.5, 0.6) is 5.75 Å². The third kappa shape index (κ3) is 4.86. The van der Waals surface area contributed by atoms with Gasteiger partial charge in [-0.25, -0.2) is 4.98 Å². The van der Waals surface area contributed by atoms with E-state index in [0.717, 1.165) is 46.6 Å². The van der Waals surface area contributed by atoms with E-state index < -0.39 is 6.10 Å². The summed E-state index contributed by atoms with van der Waals surface area (Å²) < 4.78 is 13.5. The Hall–Kier alpha value is -2.97. The molecular weight excluding hydrogens is 396 g/mol. The van der Waals surface area contributed by atoms with E-state index in [1.165, 1.54) is 6.92 Å². The van der Waals surface area contributed by atoms with Crippen molar-refractivity contribution in [3.63, 3.8) is 0 Å². The highest BCUT2D eigenvalue weighted by Gasteiger charge is 2.22. The number of nitrogens with zero attached hydrogens (tertiary/aromatic N) is 3. The Labute approximate surface area is 181 Å². The van der Waals surface area contributed by atoms with Gasteiger partial charge in [0.25, 0.3) is 0 Å². The van der Waals surface area contributed by atoms with Gasteiger partial charge >= 0.3 is 0 Å². The molecule has 1 saturated heterocycles. The molecule has 0 spiro atoms. The van der Waals surface area contributed by atoms with Gasteiger partial charge in [-0.15, -0.1) is 0 Å². The summed E-state index contributed by atoms with van der Waals surface area (Å²) >= 11 is 0. The van der Waals surface area contributed by atoms with Gasteiger partial charge < -0.3 is 24.5 Å². The number of hydrogen-bond acceptors (Lipinski definition) is 6. The van der Waals surface area contributed by atoms with Crippen molar-refractivity contribution >= 4 is 22.6 Å². The number of pyridine rings is 2. The van der Waals surface area contributed by atoms with Gasteiger partial charge in [-0.3, -0.25) is 9.78 Å². The Morgan fingerprint density at radius 3 is 2.97 bits per heavy atom. The number of amides is 1. The fraction of sp³-hybridized carbons (Fsp3) is 0.435. The first kappa shape index (κ1) is 21.3. The van der Waals surface area contributed by atoms with E-state index >= 15 is 0 Å². The number of aromatic nitrogens is 3. The SMILES string of the molecule is CC(=O)Nc1cc2c(-c3cc(OCC[C@@H](C)O)cc(C4CCOC4)n3)cn(C)c2cn1. The number of carbonyl (C=O) groups is 1. The minimum Gasteiger partial charge on any atom is -0.493 e. The summed E-state index contributed by atoms with van der Waals surface area (Å²) in [5, 5.41) is 13.2. The summed E-state index contributed by atoms with van der Waals surface area (Å²) in [5.74, 6) is 1.28. The van der Waals surface area contributed by atoms with E-state index in [4.69, 9.17) is 14.5 Å². The summed E-state index contributed by atoms with van der Waals surface area (Å²) in [4.78, 5) is 20.8. The van der Waals surface area contributed by atoms with Gasteiger partial charge in [-0.2, -0.15) is 0 Å². The molecular formula is C23H28N4O4. The van der Waals surface area contributed by atoms with Crippen LogP contribution in [0.15, 0.2) is 30.6 Å². The number of ether oxygens (including phenoxy) is 2. The molecule has 1 aliphatic rings. The zero-order chi connectivity index (χ0) is 22.0. The highest BCUT2D eigenvalue weighted by Crippen LogP contribution is 2.35. The maximum Gasteiger partial charge on any atom is 0.222 e. The van der Waals surface area contributed by atoms with Gasteiger partial charge in [0, 0.05) is 62.2 Å². The lowest BCUT2D eigenvalue weighted by molar-refractivity contribution is -0.114. The highest BCUT2D eigenvalue weighted by atomic mass is 16.5. The first-order chi connectivity index (χ1) is 14.9. The molecule has 4 rings (SSSR count). The monoisotopic (exact) mass is 424 g/mol. The van der Waals surface area contributed by atoms with Gasteiger partial charge in [0.1, 0.15) is 11.6 Å². The van der Waals surface area contributed by atoms with Gasteiger partial charge in [0.2, 0.25) is 5.91 Å². The average molecular weight is 425 g/mol. The van der Waals surface area contributed by atoms with E-state index in [-0.39, 0.29) is 11.8 Å². The molecule has 0 saturated carbocycles. The summed E-state index contributed by atoms with van der Waals surface area (Å²) in [6.07, 6.45) is 4.83. The molecule has 1 unspecified atom stereocenters. The summed E-state index contributed by atoms with van der Waals surface area (Å²) in [6.45, 7) is 5.02. The predicted octanol–water partition coefficient (Wildman–Crippen LogP) is 3.25. The fourth-order valence-electron chi connectivity index (χ4n) is 3.80. The number of aliphatic hydroxyl groups is 1. The normalized spacial score (nSPS) is 17.1. The van der Waals surface area contributed by atoms with Crippen LogP contribution in [-0.4, -0.2) is 51.5 Å². The number of nitrogens with one attached hydrogen (secondary N) is 1. The second-order valence-electron chi connectivity index (χ2n) is 8.08. The van der Waals surface area contributed by atoms with Gasteiger partial charge in [0.05, 0.1) is 42.4 Å². The molecule has 4 heterocycles. The number of aliphatic hydroxyl groups excluding tert-OH is 1. The molecule has 1 aliphatic heterocycles. The Morgan fingerprint density at radius 2 is 2.26 bits per heavy atom. The number of carbonyl (C=O) groups excluding carboxylic acids is 1. The Bertz CT molecular complexity index is 1090. The van der Waals surface area contributed by atoms with Crippen molar-refractivity contribution in [3.05, 3.63) is 36.3 Å². The molecule has 164 valence electrons. The first-order valence-corrected chi connectivity index (χ1v) is 10.5. The van der Waals surface area contributed by atoms with Gasteiger partial charge in [-0.1, -0.05) is 0 Å². The van der Waals surface area contributed by atoms with Gasteiger partial charge in [-0.05, 0) is 19.4 Å². The van der Waals surface area contributed by atoms with Crippen LogP contribution >= 0.6 is 0 Å². The largest absolute Gasteiger partial charge is 0.493 e. The fourth-order valence-corrected chi connectivity index (χ4v) is 3.80. The molecule has 1 amide bonds. The molecule has 3 aromatic rings. The molecule has 1 fully saturated rings. The second kappa shape index (κ2) is 9.03. The van der Waals surface area contributed by atoms with Crippen LogP contribution in [0, 0.1) is 0 Å². The Balaban J connectivity index is 1.77. The number of hydrogen-bond donors (Lipinski definition) is 2. The van der Waals surface area contributed by atoms with Crippen molar-refractivity contribution in [2.24, 2.45) is 7.05 Å². The van der Waals surface area contributed by atoms with E-state index in [2.05, 4.69) is 10.3 Å². The summed E-state index contributed by atoms with van der Waals surface area (Å²) in [5.41, 5.74) is 3.61. The van der Waals surface area contributed by atoms with Crippen LogP contribution in [0.25, 0.3) is 22.2 Å². The summed E-state index contributed by atoms with van der Waals surface area (Å²) in [7, 11) is 1.96. The van der Waals surface area contributed by atoms with Crippen LogP contribution in [0.3, 0.4) is 0 Å². The first-order valence-electron chi connectivity index (χ1n) is 10.5. The molecule has 2 atom stereocenters. The minimum absolute atomic E-state index is 0.167. The molecule has 8 heteroatoms. The van der Waals surface area contributed by atoms with E-state index in [9.17, 15) is 9.90 Å². The summed E-state index contributed by atoms with van der Waals surface area (Å²) in [6, 6.07) is 5.77. The lowest BCUT2D eigenvalue weighted by Crippen LogP contribution is -2.09. The van der Waals surface area contributed by atoms with Crippen molar-refractivity contribution < 1.29 is 19.4 Å². The molecule has 31 heavy (non-hydrogen) atoms. The van der Waals surface area contributed by atoms with Crippen LogP contribution in [0.2, 0.25) is 0 Å². The average Bonchev–Trinajstić information content (AvgIpc) is 3.36. The molecule has 2 N–H and O–H groups in total. The second-order valence-corrected chi connectivity index (χ2v) is 8.08. The highest BCUT2D eigenvalue weighted by molar-refractivity contribution is 5.98. The van der Waals surface area contributed by atoms with E-state index in [1.54, 1.807) is 13.1 Å². The lowest BCUT2D eigenvalue weighted by atomic mass is 10.0. The molecule has 0 bridgehead atoms. The number of anilines is 1. The van der Waals surface area contributed by atoms with E-state index in [1.807, 2.05) is 36.0 Å². The molecule has 3 aromatic heterocycles. The predicted molar refractivity (Wildman–Crippen MR) is 118 cm³/mol. The Morgan fingerprint density at radius 1 is 1.42 bits per heavy atom. The van der Waals surface area contributed by atoms with Crippen molar-refractivity contribution in [2.75, 3.05) is 25.1 Å². The molecule has 0 radical (unpaired) electrons. The third-order valence-corrected chi connectivity index (χ3v) is 5.43. The number of aryl methyl sites for hydroxylation is 1. The Kier molecular flexibility index (Phi) is 6.20. The van der Waals surface area contributed by atoms with Crippen molar-refractivity contribution in [3.8, 4) is 17.0 Å². The third-order valence-electron chi connectivity index (χ3n) is 5.43. The van der Waals surface area contributed by atoms with Crippen LogP contribution in [0.1, 0.15) is 38.3 Å². The van der Waals surface area contributed by atoms with Crippen molar-refractivity contribution in [1.82, 2.24) is 14.5 Å². The van der Waals surface area contributed by atoms with Gasteiger partial charge in [0.15, 0.2) is 0 Å². The smallest absolute Gasteiger partial charge is 0.222 e. The van der Waals surface area contributed by atoms with Crippen LogP contribution < -0.4 is 10.1 Å². The van der Waals surface area contributed by atoms with Crippen molar-refractivity contribution in [1.29, 1.82) is 0 Å². The molecule has 8 nitrogen and oxygen atoms in total. The van der Waals surface area contributed by atoms with E-state index in [0.29, 0.717) is 25.5 Å². The quantitative estimate of drug-likeness (QED) is 0.604. The zero-order valence-electron chi connectivity index (χ0n) is 18.1. The maximum absolute atomic E-state index is 11.5. The minimum atomic E-state index is -0.415. The van der Waals surface area contributed by atoms with Crippen molar-refractivity contribution in [2.45, 2.75) is 38.7 Å². The number of fused-ring (bicyclic) bond motifs is 1. The van der Waals surface area contributed by atoms with Crippen LogP contribution in [-0.2, 0) is 16.6 Å². The standard InChI is InChI=1S/C23H28N4O4/c1-14(28)4-7-31-17-8-20(16-5-6-30-13-16)26-21(9-17)19-12-27(3)22-11-24-23(10-18(19)22)25-15(2)29/h8-12,14,16,28H,4-7,13H2,1-3H3,(H,24,25,29)/t14-,16?/m1/s1. The topological polar surface area (TPSA) is 98.5 Å². The van der Waals surface area contributed by atoms with Crippen LogP contribution in [0.4, 0.5) is 5.82 Å². The zero-order valence-corrected chi connectivity index (χ0v) is 18.1. The lowest BCUT2D eigenvalue weighted by Gasteiger charge is -2.14.